The fourth-order valence-corrected chi connectivity index (χ4v) is 3.99. The topological polar surface area (TPSA) is 4.93 Å². The van der Waals surface area contributed by atoms with E-state index in [0.29, 0.717) is 0 Å². The Kier molecular flexibility index (Phi) is 3.61. The second kappa shape index (κ2) is 6.14. The third-order valence-electron chi connectivity index (χ3n) is 5.34. The van der Waals surface area contributed by atoms with Gasteiger partial charge in [-0.25, -0.2) is 0 Å². The van der Waals surface area contributed by atoms with Crippen LogP contribution >= 0.6 is 0 Å². The second-order valence-electron chi connectivity index (χ2n) is 7.26. The molecule has 130 valence electrons. The summed E-state index contributed by atoms with van der Waals surface area (Å²) in [5.41, 5.74) is 8.78. The predicted octanol–water partition coefficient (Wildman–Crippen LogP) is 7.07. The first-order chi connectivity index (χ1) is 13.2. The first-order valence-electron chi connectivity index (χ1n) is 9.38. The Hall–Kier alpha value is -3.32. The molecule has 1 heterocycles. The van der Waals surface area contributed by atoms with Crippen molar-refractivity contribution in [3.63, 3.8) is 0 Å². The highest BCUT2D eigenvalue weighted by molar-refractivity contribution is 6.09. The molecule has 0 saturated heterocycles. The van der Waals surface area contributed by atoms with E-state index in [1.807, 2.05) is 0 Å². The molecule has 0 aliphatic heterocycles. The summed E-state index contributed by atoms with van der Waals surface area (Å²) in [5, 5.41) is 2.59. The van der Waals surface area contributed by atoms with Gasteiger partial charge in [-0.3, -0.25) is 0 Å². The Labute approximate surface area is 159 Å². The van der Waals surface area contributed by atoms with E-state index in [9.17, 15) is 0 Å². The summed E-state index contributed by atoms with van der Waals surface area (Å²) >= 11 is 0. The van der Waals surface area contributed by atoms with Crippen LogP contribution in [0.1, 0.15) is 11.1 Å². The lowest BCUT2D eigenvalue weighted by atomic mass is 10.0. The largest absolute Gasteiger partial charge is 0.309 e. The zero-order valence-corrected chi connectivity index (χ0v) is 15.6. The molecule has 0 saturated carbocycles. The lowest BCUT2D eigenvalue weighted by molar-refractivity contribution is 1.17. The highest BCUT2D eigenvalue weighted by Gasteiger charge is 2.15. The number of aryl methyl sites for hydroxylation is 2. The number of rotatable bonds is 2. The van der Waals surface area contributed by atoms with Crippen LogP contribution in [0, 0.1) is 13.8 Å². The van der Waals surface area contributed by atoms with Gasteiger partial charge in [-0.2, -0.15) is 0 Å². The quantitative estimate of drug-likeness (QED) is 0.322. The molecule has 1 nitrogen and oxygen atoms in total. The van der Waals surface area contributed by atoms with Crippen molar-refractivity contribution in [2.45, 2.75) is 13.8 Å². The second-order valence-corrected chi connectivity index (χ2v) is 7.26. The molecular weight excluding hydrogens is 326 g/mol. The van der Waals surface area contributed by atoms with Crippen molar-refractivity contribution in [3.8, 4) is 16.8 Å². The molecule has 4 aromatic carbocycles. The van der Waals surface area contributed by atoms with Gasteiger partial charge in [0.15, 0.2) is 0 Å². The lowest BCUT2D eigenvalue weighted by Gasteiger charge is -2.15. The van der Waals surface area contributed by atoms with Crippen LogP contribution in [0.25, 0.3) is 38.6 Å². The van der Waals surface area contributed by atoms with Crippen LogP contribution < -0.4 is 0 Å². The minimum absolute atomic E-state index is 1.23. The number of aromatic nitrogens is 1. The molecule has 0 amide bonds. The maximum atomic E-state index is 2.41. The van der Waals surface area contributed by atoms with Gasteiger partial charge in [0, 0.05) is 16.3 Å². The summed E-state index contributed by atoms with van der Waals surface area (Å²) in [6.07, 6.45) is 0. The molecule has 0 spiro atoms. The molecule has 1 heteroatoms. The van der Waals surface area contributed by atoms with E-state index >= 15 is 0 Å². The molecule has 5 aromatic rings. The molecule has 0 atom stereocenters. The van der Waals surface area contributed by atoms with E-state index < -0.39 is 0 Å². The van der Waals surface area contributed by atoms with Crippen LogP contribution in [0.5, 0.6) is 0 Å². The maximum absolute atomic E-state index is 2.41. The zero-order valence-electron chi connectivity index (χ0n) is 15.6. The molecular formula is C26H21N. The number of fused-ring (bicyclic) bond motifs is 3. The standard InChI is InChI=1S/C26H21N/c1-18-11-14-20(15-12-18)21-16-13-19(2)17-26(21)27-24-9-5-3-7-22(24)23-8-4-6-10-25(23)27/h3-17H,1-2H3. The van der Waals surface area contributed by atoms with Crippen LogP contribution in [0.2, 0.25) is 0 Å². The van der Waals surface area contributed by atoms with Crippen molar-refractivity contribution in [1.82, 2.24) is 4.57 Å². The molecule has 0 N–H and O–H groups in total. The summed E-state index contributed by atoms with van der Waals surface area (Å²) in [6.45, 7) is 4.29. The molecule has 0 bridgehead atoms. The number of hydrogen-bond acceptors (Lipinski definition) is 0. The fraction of sp³-hybridized carbons (Fsp3) is 0.0769. The van der Waals surface area contributed by atoms with Crippen molar-refractivity contribution < 1.29 is 0 Å². The molecule has 0 unspecified atom stereocenters. The summed E-state index contributed by atoms with van der Waals surface area (Å²) in [4.78, 5) is 0. The maximum Gasteiger partial charge on any atom is 0.0543 e. The van der Waals surface area contributed by atoms with Gasteiger partial charge >= 0.3 is 0 Å². The SMILES string of the molecule is Cc1ccc(-c2ccc(C)cc2-n2c3ccccc3c3ccccc32)cc1. The fourth-order valence-electron chi connectivity index (χ4n) is 3.99. The van der Waals surface area contributed by atoms with Gasteiger partial charge in [0.1, 0.15) is 0 Å². The van der Waals surface area contributed by atoms with Crippen LogP contribution in [-0.4, -0.2) is 4.57 Å². The van der Waals surface area contributed by atoms with E-state index in [4.69, 9.17) is 0 Å². The van der Waals surface area contributed by atoms with Gasteiger partial charge in [-0.05, 0) is 43.2 Å². The Morgan fingerprint density at radius 3 is 1.74 bits per heavy atom. The van der Waals surface area contributed by atoms with Crippen molar-refractivity contribution in [1.29, 1.82) is 0 Å². The van der Waals surface area contributed by atoms with Crippen molar-refractivity contribution >= 4 is 21.8 Å². The minimum Gasteiger partial charge on any atom is -0.309 e. The number of para-hydroxylation sites is 2. The van der Waals surface area contributed by atoms with E-state index in [-0.39, 0.29) is 0 Å². The van der Waals surface area contributed by atoms with Gasteiger partial charge in [0.05, 0.1) is 16.7 Å². The van der Waals surface area contributed by atoms with Crippen molar-refractivity contribution in [2.75, 3.05) is 0 Å². The lowest BCUT2D eigenvalue weighted by Crippen LogP contribution is -1.98. The first-order valence-corrected chi connectivity index (χ1v) is 9.38. The number of hydrogen-bond donors (Lipinski definition) is 0. The molecule has 0 radical (unpaired) electrons. The third-order valence-corrected chi connectivity index (χ3v) is 5.34. The molecule has 0 aliphatic carbocycles. The van der Waals surface area contributed by atoms with Gasteiger partial charge in [0.2, 0.25) is 0 Å². The van der Waals surface area contributed by atoms with Gasteiger partial charge < -0.3 is 4.57 Å². The third kappa shape index (κ3) is 2.55. The van der Waals surface area contributed by atoms with E-state index in [1.54, 1.807) is 0 Å². The van der Waals surface area contributed by atoms with E-state index in [0.717, 1.165) is 0 Å². The molecule has 0 fully saturated rings. The van der Waals surface area contributed by atoms with Gasteiger partial charge in [-0.1, -0.05) is 78.4 Å². The van der Waals surface area contributed by atoms with E-state index in [2.05, 4.69) is 109 Å². The Balaban J connectivity index is 1.90. The van der Waals surface area contributed by atoms with Crippen molar-refractivity contribution in [3.05, 3.63) is 102 Å². The minimum atomic E-state index is 1.23. The summed E-state index contributed by atoms with van der Waals surface area (Å²) in [5.74, 6) is 0. The van der Waals surface area contributed by atoms with Crippen LogP contribution in [-0.2, 0) is 0 Å². The Morgan fingerprint density at radius 2 is 1.11 bits per heavy atom. The first kappa shape index (κ1) is 15.9. The normalized spacial score (nSPS) is 11.3. The summed E-state index contributed by atoms with van der Waals surface area (Å²) in [6, 6.07) is 32.9. The summed E-state index contributed by atoms with van der Waals surface area (Å²) in [7, 11) is 0. The van der Waals surface area contributed by atoms with Crippen molar-refractivity contribution in [2.24, 2.45) is 0 Å². The van der Waals surface area contributed by atoms with Gasteiger partial charge in [-0.15, -0.1) is 0 Å². The molecule has 27 heavy (non-hydrogen) atoms. The average molecular weight is 347 g/mol. The average Bonchev–Trinajstić information content (AvgIpc) is 3.03. The Bertz CT molecular complexity index is 1220. The molecule has 5 rings (SSSR count). The monoisotopic (exact) mass is 347 g/mol. The molecule has 0 aliphatic rings. The van der Waals surface area contributed by atoms with Gasteiger partial charge in [0.25, 0.3) is 0 Å². The Morgan fingerprint density at radius 1 is 0.556 bits per heavy atom. The smallest absolute Gasteiger partial charge is 0.0543 e. The number of benzene rings is 4. The van der Waals surface area contributed by atoms with E-state index in [1.165, 1.54) is 49.7 Å². The zero-order chi connectivity index (χ0) is 18.4. The number of nitrogens with zero attached hydrogens (tertiary/aromatic N) is 1. The summed E-state index contributed by atoms with van der Waals surface area (Å²) < 4.78 is 2.41. The predicted molar refractivity (Wildman–Crippen MR) is 116 cm³/mol. The highest BCUT2D eigenvalue weighted by Crippen LogP contribution is 2.36. The highest BCUT2D eigenvalue weighted by atomic mass is 15.0. The van der Waals surface area contributed by atoms with Crippen LogP contribution in [0.15, 0.2) is 91.0 Å². The van der Waals surface area contributed by atoms with Crippen LogP contribution in [0.3, 0.4) is 0 Å². The molecule has 1 aromatic heterocycles. The van der Waals surface area contributed by atoms with Crippen LogP contribution in [0.4, 0.5) is 0 Å².